The topological polar surface area (TPSA) is 38.9 Å². The molecule has 0 aliphatic carbocycles. The van der Waals surface area contributed by atoms with E-state index < -0.39 is 0 Å². The number of benzene rings is 1. The lowest BCUT2D eigenvalue weighted by Crippen LogP contribution is -2.15. The maximum Gasteiger partial charge on any atom is 0.128 e. The van der Waals surface area contributed by atoms with Crippen molar-refractivity contribution < 1.29 is 4.39 Å². The van der Waals surface area contributed by atoms with Crippen LogP contribution in [0.15, 0.2) is 18.2 Å². The number of nitrogen functional groups attached to an aromatic ring is 1. The lowest BCUT2D eigenvalue weighted by atomic mass is 9.86. The molecule has 0 amide bonds. The Morgan fingerprint density at radius 2 is 1.82 bits per heavy atom. The zero-order chi connectivity index (χ0) is 12.8. The molecule has 2 rings (SSSR count). The normalized spacial score (nSPS) is 12.1. The van der Waals surface area contributed by atoms with Crippen LogP contribution in [0.3, 0.4) is 0 Å². The number of anilines is 1. The van der Waals surface area contributed by atoms with Crippen LogP contribution in [-0.4, -0.2) is 4.98 Å². The lowest BCUT2D eigenvalue weighted by molar-refractivity contribution is 0.591. The van der Waals surface area contributed by atoms with Crippen LogP contribution in [0.25, 0.3) is 10.9 Å². The molecule has 1 heterocycles. The summed E-state index contributed by atoms with van der Waals surface area (Å²) in [5, 5.41) is 0.933. The zero-order valence-corrected chi connectivity index (χ0v) is 10.6. The molecule has 90 valence electrons. The van der Waals surface area contributed by atoms with E-state index in [4.69, 9.17) is 5.73 Å². The number of hydrogen-bond donors (Lipinski definition) is 1. The summed E-state index contributed by atoms with van der Waals surface area (Å²) in [6.45, 7) is 8.01. The smallest absolute Gasteiger partial charge is 0.128 e. The van der Waals surface area contributed by atoms with Crippen LogP contribution in [0.5, 0.6) is 0 Å². The Kier molecular flexibility index (Phi) is 2.57. The number of fused-ring (bicyclic) bond motifs is 1. The molecule has 0 fully saturated rings. The number of aryl methyl sites for hydroxylation is 1. The third-order valence-corrected chi connectivity index (χ3v) is 2.93. The number of rotatable bonds is 0. The van der Waals surface area contributed by atoms with Gasteiger partial charge in [-0.05, 0) is 30.0 Å². The first-order valence-electron chi connectivity index (χ1n) is 5.66. The zero-order valence-electron chi connectivity index (χ0n) is 10.6. The fraction of sp³-hybridized carbons (Fsp3) is 0.357. The van der Waals surface area contributed by atoms with Gasteiger partial charge in [-0.1, -0.05) is 20.8 Å². The molecule has 0 atom stereocenters. The number of pyridine rings is 1. The first kappa shape index (κ1) is 11.8. The van der Waals surface area contributed by atoms with Gasteiger partial charge in [0.05, 0.1) is 5.52 Å². The second kappa shape index (κ2) is 3.69. The second-order valence-electron chi connectivity index (χ2n) is 5.47. The quantitative estimate of drug-likeness (QED) is 0.754. The Hall–Kier alpha value is -1.64. The van der Waals surface area contributed by atoms with E-state index in [1.807, 2.05) is 12.1 Å². The van der Waals surface area contributed by atoms with Crippen molar-refractivity contribution in [1.82, 2.24) is 4.98 Å². The van der Waals surface area contributed by atoms with Gasteiger partial charge >= 0.3 is 0 Å². The molecule has 0 radical (unpaired) electrons. The van der Waals surface area contributed by atoms with Crippen LogP contribution < -0.4 is 5.73 Å². The van der Waals surface area contributed by atoms with Gasteiger partial charge in [0.1, 0.15) is 11.6 Å². The average Bonchev–Trinajstić information content (AvgIpc) is 2.18. The highest BCUT2D eigenvalue weighted by molar-refractivity contribution is 5.82. The van der Waals surface area contributed by atoms with Gasteiger partial charge in [-0.2, -0.15) is 0 Å². The van der Waals surface area contributed by atoms with Gasteiger partial charge in [0.25, 0.3) is 0 Å². The number of halogens is 1. The summed E-state index contributed by atoms with van der Waals surface area (Å²) in [6.07, 6.45) is 0. The van der Waals surface area contributed by atoms with E-state index in [0.29, 0.717) is 16.9 Å². The van der Waals surface area contributed by atoms with Crippen LogP contribution >= 0.6 is 0 Å². The molecule has 2 nitrogen and oxygen atoms in total. The van der Waals surface area contributed by atoms with Crippen molar-refractivity contribution in [3.63, 3.8) is 0 Å². The lowest BCUT2D eigenvalue weighted by Gasteiger charge is -2.21. The first-order chi connectivity index (χ1) is 7.79. The molecule has 1 aromatic carbocycles. The molecular formula is C14H17FN2. The second-order valence-corrected chi connectivity index (χ2v) is 5.47. The number of nitrogens with zero attached hydrogens (tertiary/aromatic N) is 1. The molecule has 0 aliphatic rings. The van der Waals surface area contributed by atoms with E-state index in [2.05, 4.69) is 25.8 Å². The number of aromatic nitrogens is 1. The van der Waals surface area contributed by atoms with E-state index in [1.54, 1.807) is 6.92 Å². The van der Waals surface area contributed by atoms with Gasteiger partial charge in [-0.25, -0.2) is 9.37 Å². The summed E-state index contributed by atoms with van der Waals surface area (Å²) in [7, 11) is 0. The minimum Gasteiger partial charge on any atom is -0.383 e. The van der Waals surface area contributed by atoms with Crippen molar-refractivity contribution in [3.8, 4) is 0 Å². The van der Waals surface area contributed by atoms with Crippen molar-refractivity contribution in [2.24, 2.45) is 0 Å². The predicted molar refractivity (Wildman–Crippen MR) is 69.6 cm³/mol. The van der Waals surface area contributed by atoms with E-state index in [-0.39, 0.29) is 11.2 Å². The summed E-state index contributed by atoms with van der Waals surface area (Å²) in [4.78, 5) is 4.28. The van der Waals surface area contributed by atoms with Gasteiger partial charge < -0.3 is 5.73 Å². The molecule has 0 aliphatic heterocycles. The van der Waals surface area contributed by atoms with E-state index >= 15 is 0 Å². The summed E-state index contributed by atoms with van der Waals surface area (Å²) < 4.78 is 13.4. The molecule has 3 heteroatoms. The third kappa shape index (κ3) is 2.09. The largest absolute Gasteiger partial charge is 0.383 e. The van der Waals surface area contributed by atoms with E-state index in [9.17, 15) is 4.39 Å². The van der Waals surface area contributed by atoms with Gasteiger partial charge in [0.2, 0.25) is 0 Å². The number of nitrogens with two attached hydrogens (primary N) is 1. The van der Waals surface area contributed by atoms with Crippen molar-refractivity contribution in [1.29, 1.82) is 0 Å². The minimum absolute atomic E-state index is 0.0619. The summed E-state index contributed by atoms with van der Waals surface area (Å²) in [5.74, 6) is 0.237. The van der Waals surface area contributed by atoms with Gasteiger partial charge in [0.15, 0.2) is 0 Å². The van der Waals surface area contributed by atoms with Gasteiger partial charge in [-0.3, -0.25) is 0 Å². The standard InChI is InChI=1S/C14H17FN2/c1-8-5-9-6-10(14(2,3)4)13(16)17-12(9)7-11(8)15/h5-7H,1-4H3,(H2,16,17). The van der Waals surface area contributed by atoms with Crippen molar-refractivity contribution >= 4 is 16.7 Å². The van der Waals surface area contributed by atoms with Crippen molar-refractivity contribution in [2.75, 3.05) is 5.73 Å². The van der Waals surface area contributed by atoms with Crippen LogP contribution in [0.1, 0.15) is 31.9 Å². The van der Waals surface area contributed by atoms with Crippen molar-refractivity contribution in [2.45, 2.75) is 33.1 Å². The highest BCUT2D eigenvalue weighted by Crippen LogP contribution is 2.30. The molecule has 0 bridgehead atoms. The predicted octanol–water partition coefficient (Wildman–Crippen LogP) is 3.56. The van der Waals surface area contributed by atoms with Crippen LogP contribution in [0.4, 0.5) is 10.2 Å². The Bertz CT molecular complexity index is 583. The van der Waals surface area contributed by atoms with Crippen LogP contribution in [-0.2, 0) is 5.41 Å². The third-order valence-electron chi connectivity index (χ3n) is 2.93. The van der Waals surface area contributed by atoms with Crippen LogP contribution in [0, 0.1) is 12.7 Å². The maximum absolute atomic E-state index is 13.4. The Morgan fingerprint density at radius 3 is 2.41 bits per heavy atom. The molecule has 0 unspecified atom stereocenters. The fourth-order valence-corrected chi connectivity index (χ4v) is 1.93. The molecule has 0 spiro atoms. The molecule has 0 saturated heterocycles. The highest BCUT2D eigenvalue weighted by atomic mass is 19.1. The first-order valence-corrected chi connectivity index (χ1v) is 5.66. The fourth-order valence-electron chi connectivity index (χ4n) is 1.93. The highest BCUT2D eigenvalue weighted by Gasteiger charge is 2.18. The molecular weight excluding hydrogens is 215 g/mol. The van der Waals surface area contributed by atoms with Gasteiger partial charge in [0, 0.05) is 17.0 Å². The Labute approximate surface area is 101 Å². The molecule has 2 N–H and O–H groups in total. The van der Waals surface area contributed by atoms with Crippen molar-refractivity contribution in [3.05, 3.63) is 35.1 Å². The van der Waals surface area contributed by atoms with E-state index in [0.717, 1.165) is 10.9 Å². The maximum atomic E-state index is 13.4. The van der Waals surface area contributed by atoms with E-state index in [1.165, 1.54) is 6.07 Å². The monoisotopic (exact) mass is 232 g/mol. The SMILES string of the molecule is Cc1cc2cc(C(C)(C)C)c(N)nc2cc1F. The summed E-state index contributed by atoms with van der Waals surface area (Å²) in [5.41, 5.74) is 8.10. The molecule has 2 aromatic rings. The number of hydrogen-bond acceptors (Lipinski definition) is 2. The summed E-state index contributed by atoms with van der Waals surface area (Å²) in [6, 6.07) is 5.25. The minimum atomic E-state index is -0.243. The average molecular weight is 232 g/mol. The summed E-state index contributed by atoms with van der Waals surface area (Å²) >= 11 is 0. The molecule has 1 aromatic heterocycles. The molecule has 0 saturated carbocycles. The molecule has 17 heavy (non-hydrogen) atoms. The van der Waals surface area contributed by atoms with Crippen LogP contribution in [0.2, 0.25) is 0 Å². The Morgan fingerprint density at radius 1 is 1.18 bits per heavy atom. The Balaban J connectivity index is 2.76. The van der Waals surface area contributed by atoms with Gasteiger partial charge in [-0.15, -0.1) is 0 Å².